The summed E-state index contributed by atoms with van der Waals surface area (Å²) in [6.45, 7) is 0.503. The Balaban J connectivity index is 2.13. The number of ether oxygens (including phenoxy) is 1. The van der Waals surface area contributed by atoms with Crippen LogP contribution in [0.1, 0.15) is 18.4 Å². The van der Waals surface area contributed by atoms with E-state index in [0.29, 0.717) is 13.0 Å². The maximum atomic E-state index is 12.3. The van der Waals surface area contributed by atoms with Gasteiger partial charge >= 0.3 is 0 Å². The largest absolute Gasteiger partial charge is 0.470 e. The molecule has 1 unspecified atom stereocenters. The first-order valence-corrected chi connectivity index (χ1v) is 7.84. The van der Waals surface area contributed by atoms with Crippen molar-refractivity contribution in [2.45, 2.75) is 24.8 Å². The van der Waals surface area contributed by atoms with Crippen LogP contribution in [0.25, 0.3) is 0 Å². The summed E-state index contributed by atoms with van der Waals surface area (Å²) in [4.78, 5) is 0. The lowest BCUT2D eigenvalue weighted by Crippen LogP contribution is -2.37. The molecule has 1 heterocycles. The van der Waals surface area contributed by atoms with E-state index in [9.17, 15) is 8.42 Å². The Morgan fingerprint density at radius 1 is 1.39 bits per heavy atom. The van der Waals surface area contributed by atoms with Crippen LogP contribution in [0.3, 0.4) is 0 Å². The van der Waals surface area contributed by atoms with Gasteiger partial charge in [0.25, 0.3) is 0 Å². The van der Waals surface area contributed by atoms with Gasteiger partial charge in [-0.05, 0) is 24.2 Å². The second kappa shape index (κ2) is 5.77. The number of hydrogen-bond acceptors (Lipinski definition) is 4. The van der Waals surface area contributed by atoms with Crippen molar-refractivity contribution in [1.82, 2.24) is 4.31 Å². The summed E-state index contributed by atoms with van der Waals surface area (Å²) in [5.74, 6) is 0.00509. The molecule has 0 amide bonds. The lowest BCUT2D eigenvalue weighted by atomic mass is 10.2. The van der Waals surface area contributed by atoms with Crippen LogP contribution in [0.4, 0.5) is 0 Å². The minimum atomic E-state index is -3.34. The molecule has 1 aromatic rings. The molecule has 0 N–H and O–H groups in total. The minimum Gasteiger partial charge on any atom is -0.470 e. The van der Waals surface area contributed by atoms with Crippen molar-refractivity contribution in [1.29, 1.82) is 0 Å². The maximum Gasteiger partial charge on any atom is 0.221 e. The molecular formula is C12H15NO3S2. The van der Waals surface area contributed by atoms with Gasteiger partial charge in [0.05, 0.1) is 5.75 Å². The Labute approximate surface area is 113 Å². The van der Waals surface area contributed by atoms with Crippen LogP contribution in [-0.2, 0) is 20.5 Å². The Morgan fingerprint density at radius 3 is 2.78 bits per heavy atom. The topological polar surface area (TPSA) is 46.6 Å². The van der Waals surface area contributed by atoms with Gasteiger partial charge in [-0.25, -0.2) is 8.42 Å². The number of sulfonamides is 1. The monoisotopic (exact) mass is 285 g/mol. The Kier molecular flexibility index (Phi) is 4.31. The number of rotatable bonds is 5. The van der Waals surface area contributed by atoms with Crippen LogP contribution in [0.15, 0.2) is 30.3 Å². The van der Waals surface area contributed by atoms with Crippen molar-refractivity contribution in [2.24, 2.45) is 0 Å². The fourth-order valence-electron chi connectivity index (χ4n) is 2.10. The molecule has 1 saturated heterocycles. The Bertz CT molecular complexity index is 501. The molecule has 0 bridgehead atoms. The molecule has 1 aliphatic heterocycles. The van der Waals surface area contributed by atoms with E-state index in [-0.39, 0.29) is 5.75 Å². The molecule has 1 atom stereocenters. The van der Waals surface area contributed by atoms with Gasteiger partial charge in [-0.1, -0.05) is 30.3 Å². The Morgan fingerprint density at radius 2 is 2.11 bits per heavy atom. The van der Waals surface area contributed by atoms with Crippen molar-refractivity contribution in [2.75, 3.05) is 6.54 Å². The molecule has 0 aromatic heterocycles. The van der Waals surface area contributed by atoms with Gasteiger partial charge in [0, 0.05) is 13.0 Å². The highest BCUT2D eigenvalue weighted by Gasteiger charge is 2.35. The fraction of sp³-hybridized carbons (Fsp3) is 0.417. The molecule has 0 radical (unpaired) electrons. The zero-order chi connectivity index (χ0) is 13.0. The average Bonchev–Trinajstić information content (AvgIpc) is 2.79. The van der Waals surface area contributed by atoms with Gasteiger partial charge in [0.1, 0.15) is 5.55 Å². The van der Waals surface area contributed by atoms with E-state index < -0.39 is 16.3 Å². The molecule has 1 aromatic carbocycles. The SMILES string of the molecule is O=S(=O)(Cc1ccccc1)N1CCCC1OC=S. The average molecular weight is 285 g/mol. The summed E-state index contributed by atoms with van der Waals surface area (Å²) < 4.78 is 31.2. The van der Waals surface area contributed by atoms with Gasteiger partial charge < -0.3 is 4.74 Å². The van der Waals surface area contributed by atoms with Crippen molar-refractivity contribution in [3.63, 3.8) is 0 Å². The van der Waals surface area contributed by atoms with E-state index >= 15 is 0 Å². The van der Waals surface area contributed by atoms with E-state index in [1.807, 2.05) is 30.3 Å². The van der Waals surface area contributed by atoms with Crippen LogP contribution in [-0.4, -0.2) is 31.0 Å². The van der Waals surface area contributed by atoms with E-state index in [1.54, 1.807) is 0 Å². The highest BCUT2D eigenvalue weighted by Crippen LogP contribution is 2.23. The van der Waals surface area contributed by atoms with Gasteiger partial charge in [-0.2, -0.15) is 4.31 Å². The Hall–Kier alpha value is -0.980. The molecule has 4 nitrogen and oxygen atoms in total. The van der Waals surface area contributed by atoms with Crippen LogP contribution in [0, 0.1) is 0 Å². The van der Waals surface area contributed by atoms with Crippen LogP contribution < -0.4 is 0 Å². The highest BCUT2D eigenvalue weighted by atomic mass is 32.2. The summed E-state index contributed by atoms with van der Waals surface area (Å²) in [6.07, 6.45) is 1.07. The van der Waals surface area contributed by atoms with Crippen LogP contribution in [0.5, 0.6) is 0 Å². The van der Waals surface area contributed by atoms with E-state index in [4.69, 9.17) is 4.74 Å². The maximum absolute atomic E-state index is 12.3. The number of nitrogens with zero attached hydrogens (tertiary/aromatic N) is 1. The molecule has 6 heteroatoms. The van der Waals surface area contributed by atoms with Crippen LogP contribution >= 0.6 is 12.2 Å². The first-order valence-electron chi connectivity index (χ1n) is 5.76. The summed E-state index contributed by atoms with van der Waals surface area (Å²) in [5.41, 5.74) is 1.92. The molecule has 1 fully saturated rings. The third kappa shape index (κ3) is 3.07. The van der Waals surface area contributed by atoms with E-state index in [1.165, 1.54) is 4.31 Å². The highest BCUT2D eigenvalue weighted by molar-refractivity contribution is 7.88. The zero-order valence-electron chi connectivity index (χ0n) is 9.86. The van der Waals surface area contributed by atoms with Crippen molar-refractivity contribution >= 4 is 27.8 Å². The second-order valence-corrected chi connectivity index (χ2v) is 6.30. The predicted octanol–water partition coefficient (Wildman–Crippen LogP) is 1.91. The molecule has 0 aliphatic carbocycles. The third-order valence-corrected chi connectivity index (χ3v) is 4.85. The van der Waals surface area contributed by atoms with Gasteiger partial charge in [0.15, 0.2) is 6.23 Å². The first kappa shape index (κ1) is 13.5. The molecule has 98 valence electrons. The number of thiocarbonyl (C=S) groups is 1. The molecule has 0 spiro atoms. The molecule has 0 saturated carbocycles. The lowest BCUT2D eigenvalue weighted by Gasteiger charge is -2.22. The first-order chi connectivity index (χ1) is 8.63. The standard InChI is InChI=1S/C12H15NO3S2/c14-18(15,9-11-5-2-1-3-6-11)13-8-4-7-12(13)16-10-17/h1-3,5-6,10,12H,4,7-9H2. The fourth-order valence-corrected chi connectivity index (χ4v) is 3.92. The number of hydrogen-bond donors (Lipinski definition) is 0. The normalized spacial score (nSPS) is 20.8. The smallest absolute Gasteiger partial charge is 0.221 e. The van der Waals surface area contributed by atoms with Crippen LogP contribution in [0.2, 0.25) is 0 Å². The molecule has 2 rings (SSSR count). The quantitative estimate of drug-likeness (QED) is 0.775. The van der Waals surface area contributed by atoms with Crippen molar-refractivity contribution in [3.8, 4) is 0 Å². The minimum absolute atomic E-state index is 0.00509. The summed E-state index contributed by atoms with van der Waals surface area (Å²) in [7, 11) is -3.34. The summed E-state index contributed by atoms with van der Waals surface area (Å²) in [5, 5.41) is 0. The lowest BCUT2D eigenvalue weighted by molar-refractivity contribution is 0.120. The summed E-state index contributed by atoms with van der Waals surface area (Å²) >= 11 is 4.63. The van der Waals surface area contributed by atoms with Gasteiger partial charge in [-0.3, -0.25) is 0 Å². The van der Waals surface area contributed by atoms with Crippen molar-refractivity contribution < 1.29 is 13.2 Å². The molecule has 18 heavy (non-hydrogen) atoms. The number of benzene rings is 1. The predicted molar refractivity (Wildman–Crippen MR) is 73.5 cm³/mol. The van der Waals surface area contributed by atoms with Gasteiger partial charge in [-0.15, -0.1) is 0 Å². The zero-order valence-corrected chi connectivity index (χ0v) is 11.5. The van der Waals surface area contributed by atoms with Gasteiger partial charge in [0.2, 0.25) is 10.0 Å². The van der Waals surface area contributed by atoms with E-state index in [0.717, 1.165) is 17.5 Å². The third-order valence-electron chi connectivity index (χ3n) is 2.91. The second-order valence-electron chi connectivity index (χ2n) is 4.18. The molecule has 1 aliphatic rings. The van der Waals surface area contributed by atoms with Crippen molar-refractivity contribution in [3.05, 3.63) is 35.9 Å². The summed E-state index contributed by atoms with van der Waals surface area (Å²) in [6, 6.07) is 9.15. The molecular weight excluding hydrogens is 270 g/mol. The van der Waals surface area contributed by atoms with E-state index in [2.05, 4.69) is 12.2 Å².